The Morgan fingerprint density at radius 3 is 2.83 bits per heavy atom. The molecule has 1 spiro atoms. The van der Waals surface area contributed by atoms with Crippen molar-refractivity contribution in [2.45, 2.75) is 38.1 Å². The number of carbonyl (C=O) groups excluding carboxylic acids is 1. The zero-order valence-electron chi connectivity index (χ0n) is 17.1. The fraction of sp³-hybridized carbons (Fsp3) is 0.435. The predicted octanol–water partition coefficient (Wildman–Crippen LogP) is 3.56. The van der Waals surface area contributed by atoms with E-state index in [0.29, 0.717) is 24.6 Å². The lowest BCUT2D eigenvalue weighted by atomic mass is 9.84. The van der Waals surface area contributed by atoms with Gasteiger partial charge in [0.25, 0.3) is 0 Å². The Morgan fingerprint density at radius 1 is 1.30 bits per heavy atom. The number of aliphatic hydroxyl groups excluding tert-OH is 1. The van der Waals surface area contributed by atoms with Gasteiger partial charge in [-0.3, -0.25) is 4.79 Å². The van der Waals surface area contributed by atoms with Gasteiger partial charge in [-0.15, -0.1) is 0 Å². The number of likely N-dealkylation sites (tertiary alicyclic amines) is 1. The van der Waals surface area contributed by atoms with Gasteiger partial charge in [0, 0.05) is 31.6 Å². The summed E-state index contributed by atoms with van der Waals surface area (Å²) in [5.74, 6) is 0.394. The van der Waals surface area contributed by atoms with Crippen LogP contribution in [0.1, 0.15) is 30.9 Å². The molecular weight excluding hydrogens is 404 g/mol. The number of para-hydroxylation sites is 2. The third-order valence-corrected chi connectivity index (χ3v) is 6.06. The predicted molar refractivity (Wildman–Crippen MR) is 116 cm³/mol. The average Bonchev–Trinajstić information content (AvgIpc) is 3.06. The number of hydrogen-bond donors (Lipinski definition) is 2. The Hall–Kier alpha value is -2.12. The summed E-state index contributed by atoms with van der Waals surface area (Å²) in [4.78, 5) is 13.6. The first-order valence-corrected chi connectivity index (χ1v) is 10.7. The van der Waals surface area contributed by atoms with Crippen LogP contribution in [-0.4, -0.2) is 48.3 Å². The van der Waals surface area contributed by atoms with E-state index in [1.165, 1.54) is 18.1 Å². The maximum Gasteiger partial charge on any atom is 0.221 e. The first-order chi connectivity index (χ1) is 14.4. The molecule has 1 atom stereocenters. The molecule has 1 saturated heterocycles. The standard InChI is InChI=1S/C23H27ClN2O4/c1-16(27)25-21-4-2-3-5-22(21)29-15-19(28)13-26-10-8-23(9-11-26)20-7-6-18(24)12-17(20)14-30-23/h2-7,12,19,28H,8-11,13-15H2,1H3,(H,25,27)/t19-/m0/s1. The van der Waals surface area contributed by atoms with Crippen LogP contribution in [0.3, 0.4) is 0 Å². The fourth-order valence-corrected chi connectivity index (χ4v) is 4.55. The number of halogens is 1. The molecular formula is C23H27ClN2O4. The number of β-amino-alcohol motifs (C(OH)–C–C–N with tert-alkyl or cyclic N) is 1. The van der Waals surface area contributed by atoms with Crippen LogP contribution in [0.2, 0.25) is 5.02 Å². The van der Waals surface area contributed by atoms with Gasteiger partial charge in [0.15, 0.2) is 0 Å². The van der Waals surface area contributed by atoms with Crippen molar-refractivity contribution in [3.8, 4) is 5.75 Å². The van der Waals surface area contributed by atoms with E-state index >= 15 is 0 Å². The van der Waals surface area contributed by atoms with Crippen molar-refractivity contribution in [1.29, 1.82) is 0 Å². The summed E-state index contributed by atoms with van der Waals surface area (Å²) in [5.41, 5.74) is 2.82. The molecule has 0 saturated carbocycles. The maximum absolute atomic E-state index is 11.3. The molecule has 30 heavy (non-hydrogen) atoms. The maximum atomic E-state index is 11.3. The van der Waals surface area contributed by atoms with Crippen LogP contribution >= 0.6 is 11.6 Å². The smallest absolute Gasteiger partial charge is 0.221 e. The van der Waals surface area contributed by atoms with Gasteiger partial charge in [-0.25, -0.2) is 0 Å². The number of carbonyl (C=O) groups is 1. The Kier molecular flexibility index (Phi) is 6.29. The highest BCUT2D eigenvalue weighted by molar-refractivity contribution is 6.30. The lowest BCUT2D eigenvalue weighted by molar-refractivity contribution is -0.114. The lowest BCUT2D eigenvalue weighted by Gasteiger charge is -2.39. The molecule has 4 rings (SSSR count). The molecule has 1 amide bonds. The zero-order valence-corrected chi connectivity index (χ0v) is 17.8. The minimum atomic E-state index is -0.625. The quantitative estimate of drug-likeness (QED) is 0.733. The highest BCUT2D eigenvalue weighted by atomic mass is 35.5. The molecule has 2 aliphatic rings. The molecule has 1 fully saturated rings. The first kappa shape index (κ1) is 21.1. The molecule has 2 N–H and O–H groups in total. The lowest BCUT2D eigenvalue weighted by Crippen LogP contribution is -2.46. The number of hydrogen-bond acceptors (Lipinski definition) is 5. The van der Waals surface area contributed by atoms with Gasteiger partial charge >= 0.3 is 0 Å². The highest BCUT2D eigenvalue weighted by Gasteiger charge is 2.42. The third-order valence-electron chi connectivity index (χ3n) is 5.82. The summed E-state index contributed by atoms with van der Waals surface area (Å²) in [5, 5.41) is 14.0. The van der Waals surface area contributed by atoms with Gasteiger partial charge in [-0.1, -0.05) is 29.8 Å². The van der Waals surface area contributed by atoms with E-state index in [4.69, 9.17) is 21.1 Å². The van der Waals surface area contributed by atoms with Crippen LogP contribution in [0.5, 0.6) is 5.75 Å². The molecule has 2 aromatic rings. The molecule has 0 bridgehead atoms. The van der Waals surface area contributed by atoms with E-state index in [9.17, 15) is 9.90 Å². The largest absolute Gasteiger partial charge is 0.489 e. The Morgan fingerprint density at radius 2 is 2.07 bits per heavy atom. The van der Waals surface area contributed by atoms with E-state index in [-0.39, 0.29) is 18.1 Å². The zero-order chi connectivity index (χ0) is 21.1. The number of anilines is 1. The number of ether oxygens (including phenoxy) is 2. The topological polar surface area (TPSA) is 71.0 Å². The number of nitrogens with zero attached hydrogens (tertiary/aromatic N) is 1. The van der Waals surface area contributed by atoms with Gasteiger partial charge in [0.1, 0.15) is 18.5 Å². The van der Waals surface area contributed by atoms with Crippen LogP contribution in [-0.2, 0) is 21.7 Å². The molecule has 0 aromatic heterocycles. The van der Waals surface area contributed by atoms with Crippen molar-refractivity contribution in [2.75, 3.05) is 31.6 Å². The van der Waals surface area contributed by atoms with Crippen LogP contribution in [0.4, 0.5) is 5.69 Å². The second-order valence-corrected chi connectivity index (χ2v) is 8.46. The Bertz CT molecular complexity index is 912. The van der Waals surface area contributed by atoms with E-state index in [1.54, 1.807) is 12.1 Å². The first-order valence-electron chi connectivity index (χ1n) is 10.3. The molecule has 0 aliphatic carbocycles. The molecule has 0 unspecified atom stereocenters. The summed E-state index contributed by atoms with van der Waals surface area (Å²) in [6.45, 7) is 4.46. The van der Waals surface area contributed by atoms with Gasteiger partial charge in [0.2, 0.25) is 5.91 Å². The van der Waals surface area contributed by atoms with Crippen LogP contribution in [0.25, 0.3) is 0 Å². The molecule has 2 heterocycles. The van der Waals surface area contributed by atoms with E-state index < -0.39 is 6.10 Å². The minimum absolute atomic E-state index is 0.160. The van der Waals surface area contributed by atoms with Crippen molar-refractivity contribution < 1.29 is 19.4 Å². The van der Waals surface area contributed by atoms with Crippen molar-refractivity contribution in [1.82, 2.24) is 4.90 Å². The van der Waals surface area contributed by atoms with Crippen molar-refractivity contribution >= 4 is 23.2 Å². The molecule has 160 valence electrons. The third kappa shape index (κ3) is 4.62. The highest BCUT2D eigenvalue weighted by Crippen LogP contribution is 2.44. The minimum Gasteiger partial charge on any atom is -0.489 e. The number of benzene rings is 2. The molecule has 2 aromatic carbocycles. The number of fused-ring (bicyclic) bond motifs is 2. The Balaban J connectivity index is 1.29. The monoisotopic (exact) mass is 430 g/mol. The van der Waals surface area contributed by atoms with Crippen LogP contribution in [0.15, 0.2) is 42.5 Å². The van der Waals surface area contributed by atoms with Gasteiger partial charge in [-0.05, 0) is 48.2 Å². The molecule has 0 radical (unpaired) electrons. The second kappa shape index (κ2) is 8.94. The average molecular weight is 431 g/mol. The summed E-state index contributed by atoms with van der Waals surface area (Å²) in [6.07, 6.45) is 1.15. The SMILES string of the molecule is CC(=O)Nc1ccccc1OC[C@@H](O)CN1CCC2(CC1)OCc1cc(Cl)ccc12. The molecule has 6 nitrogen and oxygen atoms in total. The Labute approximate surface area is 181 Å². The number of rotatable bonds is 6. The molecule has 2 aliphatic heterocycles. The normalized spacial score (nSPS) is 18.8. The van der Waals surface area contributed by atoms with Crippen LogP contribution < -0.4 is 10.1 Å². The van der Waals surface area contributed by atoms with E-state index in [1.807, 2.05) is 24.3 Å². The van der Waals surface area contributed by atoms with Crippen molar-refractivity contribution in [3.63, 3.8) is 0 Å². The summed E-state index contributed by atoms with van der Waals surface area (Å²) >= 11 is 6.12. The van der Waals surface area contributed by atoms with E-state index in [0.717, 1.165) is 31.0 Å². The van der Waals surface area contributed by atoms with Crippen molar-refractivity contribution in [2.24, 2.45) is 0 Å². The second-order valence-electron chi connectivity index (χ2n) is 8.03. The van der Waals surface area contributed by atoms with Gasteiger partial charge in [0.05, 0.1) is 17.9 Å². The fourth-order valence-electron chi connectivity index (χ4n) is 4.35. The van der Waals surface area contributed by atoms with Gasteiger partial charge in [-0.2, -0.15) is 0 Å². The van der Waals surface area contributed by atoms with Gasteiger partial charge < -0.3 is 24.8 Å². The number of aliphatic hydroxyl groups is 1. The van der Waals surface area contributed by atoms with E-state index in [2.05, 4.69) is 16.3 Å². The number of nitrogens with one attached hydrogen (secondary N) is 1. The van der Waals surface area contributed by atoms with Crippen molar-refractivity contribution in [3.05, 3.63) is 58.6 Å². The number of amides is 1. The summed E-state index contributed by atoms with van der Waals surface area (Å²) in [6, 6.07) is 13.2. The number of piperidine rings is 1. The summed E-state index contributed by atoms with van der Waals surface area (Å²) in [7, 11) is 0. The summed E-state index contributed by atoms with van der Waals surface area (Å²) < 4.78 is 12.0. The van der Waals surface area contributed by atoms with Crippen LogP contribution in [0, 0.1) is 0 Å². The molecule has 7 heteroatoms.